The van der Waals surface area contributed by atoms with Gasteiger partial charge < -0.3 is 20.7 Å². The second-order valence-electron chi connectivity index (χ2n) is 5.88. The van der Waals surface area contributed by atoms with Crippen molar-refractivity contribution in [3.05, 3.63) is 29.8 Å². The topological polar surface area (TPSA) is 84.7 Å². The maximum Gasteiger partial charge on any atom is 0.243 e. The van der Waals surface area contributed by atoms with Crippen molar-refractivity contribution >= 4 is 29.9 Å². The van der Waals surface area contributed by atoms with Crippen LogP contribution in [0.3, 0.4) is 0 Å². The van der Waals surface area contributed by atoms with E-state index in [1.165, 1.54) is 11.9 Å². The molecule has 0 radical (unpaired) electrons. The molecule has 1 saturated heterocycles. The fourth-order valence-electron chi connectivity index (χ4n) is 2.65. The van der Waals surface area contributed by atoms with E-state index in [2.05, 4.69) is 5.32 Å². The molecule has 2 rings (SSSR count). The number of rotatable bonds is 5. The highest BCUT2D eigenvalue weighted by Crippen LogP contribution is 2.19. The van der Waals surface area contributed by atoms with E-state index in [1.807, 2.05) is 0 Å². The maximum absolute atomic E-state index is 13.1. The van der Waals surface area contributed by atoms with Crippen LogP contribution in [0.1, 0.15) is 12.8 Å². The third-order valence-electron chi connectivity index (χ3n) is 3.96. The van der Waals surface area contributed by atoms with Gasteiger partial charge in [-0.05, 0) is 30.9 Å². The predicted octanol–water partition coefficient (Wildman–Crippen LogP) is 1.54. The first-order chi connectivity index (χ1) is 11.4. The average Bonchev–Trinajstić information content (AvgIpc) is 2.53. The predicted molar refractivity (Wildman–Crippen MR) is 91.4 cm³/mol. The number of likely N-dealkylation sites (N-methyl/N-ethyl adjacent to an activating group) is 1. The highest BCUT2D eigenvalue weighted by atomic mass is 35.5. The van der Waals surface area contributed by atoms with E-state index in [-0.39, 0.29) is 36.5 Å². The molecule has 25 heavy (non-hydrogen) atoms. The molecule has 2 amide bonds. The lowest BCUT2D eigenvalue weighted by atomic mass is 9.91. The fourth-order valence-corrected chi connectivity index (χ4v) is 2.65. The van der Waals surface area contributed by atoms with Crippen LogP contribution in [0.5, 0.6) is 0 Å². The van der Waals surface area contributed by atoms with Gasteiger partial charge in [-0.25, -0.2) is 8.78 Å². The first-order valence-electron chi connectivity index (χ1n) is 7.71. The minimum absolute atomic E-state index is 0. The Morgan fingerprint density at radius 1 is 1.28 bits per heavy atom. The summed E-state index contributed by atoms with van der Waals surface area (Å²) in [6.45, 7) is 0.885. The minimum atomic E-state index is -0.795. The van der Waals surface area contributed by atoms with Crippen LogP contribution in [0.4, 0.5) is 14.5 Å². The van der Waals surface area contributed by atoms with Crippen LogP contribution in [0.15, 0.2) is 18.2 Å². The van der Waals surface area contributed by atoms with Gasteiger partial charge in [-0.15, -0.1) is 12.4 Å². The van der Waals surface area contributed by atoms with Gasteiger partial charge in [0.05, 0.1) is 12.6 Å². The lowest BCUT2D eigenvalue weighted by Gasteiger charge is -2.29. The van der Waals surface area contributed by atoms with Crippen molar-refractivity contribution in [3.8, 4) is 0 Å². The van der Waals surface area contributed by atoms with Crippen molar-refractivity contribution in [1.82, 2.24) is 4.90 Å². The monoisotopic (exact) mass is 377 g/mol. The zero-order valence-electron chi connectivity index (χ0n) is 13.8. The fraction of sp³-hybridized carbons (Fsp3) is 0.500. The van der Waals surface area contributed by atoms with Crippen molar-refractivity contribution in [2.75, 3.05) is 32.1 Å². The molecule has 0 aliphatic carbocycles. The number of anilines is 1. The van der Waals surface area contributed by atoms with E-state index < -0.39 is 23.6 Å². The second kappa shape index (κ2) is 9.65. The first-order valence-corrected chi connectivity index (χ1v) is 7.71. The van der Waals surface area contributed by atoms with E-state index in [0.29, 0.717) is 32.1 Å². The third-order valence-corrected chi connectivity index (χ3v) is 3.96. The summed E-state index contributed by atoms with van der Waals surface area (Å²) in [5, 5.41) is 2.35. The first kappa shape index (κ1) is 21.3. The van der Waals surface area contributed by atoms with Gasteiger partial charge in [-0.1, -0.05) is 0 Å². The summed E-state index contributed by atoms with van der Waals surface area (Å²) in [6, 6.07) is 2.00. The van der Waals surface area contributed by atoms with E-state index in [0.717, 1.165) is 12.1 Å². The van der Waals surface area contributed by atoms with E-state index >= 15 is 0 Å². The maximum atomic E-state index is 13.1. The van der Waals surface area contributed by atoms with Crippen LogP contribution in [0, 0.1) is 17.6 Å². The highest BCUT2D eigenvalue weighted by Gasteiger charge is 2.29. The molecular formula is C16H22ClF2N3O3. The number of hydrogen-bond acceptors (Lipinski definition) is 4. The van der Waals surface area contributed by atoms with Crippen molar-refractivity contribution in [2.24, 2.45) is 11.7 Å². The van der Waals surface area contributed by atoms with E-state index in [1.54, 1.807) is 0 Å². The summed E-state index contributed by atoms with van der Waals surface area (Å²) >= 11 is 0. The van der Waals surface area contributed by atoms with Gasteiger partial charge in [0.2, 0.25) is 11.8 Å². The number of carbonyl (C=O) groups is 2. The molecule has 0 saturated carbocycles. The molecule has 1 unspecified atom stereocenters. The third kappa shape index (κ3) is 6.22. The molecule has 140 valence electrons. The summed E-state index contributed by atoms with van der Waals surface area (Å²) in [4.78, 5) is 25.5. The van der Waals surface area contributed by atoms with Gasteiger partial charge in [-0.3, -0.25) is 9.59 Å². The van der Waals surface area contributed by atoms with E-state index in [4.69, 9.17) is 10.5 Å². The average molecular weight is 378 g/mol. The van der Waals surface area contributed by atoms with Crippen LogP contribution in [0.25, 0.3) is 0 Å². The van der Waals surface area contributed by atoms with Crippen LogP contribution < -0.4 is 11.1 Å². The van der Waals surface area contributed by atoms with Gasteiger partial charge in [0, 0.05) is 32.0 Å². The largest absolute Gasteiger partial charge is 0.381 e. The lowest BCUT2D eigenvalue weighted by Crippen LogP contribution is -2.49. The van der Waals surface area contributed by atoms with E-state index in [9.17, 15) is 18.4 Å². The van der Waals surface area contributed by atoms with Crippen LogP contribution in [0.2, 0.25) is 0 Å². The molecule has 1 aliphatic rings. The van der Waals surface area contributed by atoms with Crippen LogP contribution in [-0.2, 0) is 14.3 Å². The zero-order chi connectivity index (χ0) is 17.7. The molecule has 3 N–H and O–H groups in total. The summed E-state index contributed by atoms with van der Waals surface area (Å²) in [5.41, 5.74) is 5.98. The Hall–Kier alpha value is -1.77. The number of nitrogens with zero attached hydrogens (tertiary/aromatic N) is 1. The molecule has 0 bridgehead atoms. The molecule has 1 fully saturated rings. The quantitative estimate of drug-likeness (QED) is 0.815. The molecule has 0 spiro atoms. The Morgan fingerprint density at radius 2 is 1.84 bits per heavy atom. The van der Waals surface area contributed by atoms with Gasteiger partial charge in [0.25, 0.3) is 0 Å². The molecule has 1 atom stereocenters. The van der Waals surface area contributed by atoms with Gasteiger partial charge >= 0.3 is 0 Å². The molecule has 1 heterocycles. The SMILES string of the molecule is CN(CC(=O)Nc1cc(F)cc(F)c1)C(=O)C(N)C1CCOCC1.Cl. The summed E-state index contributed by atoms with van der Waals surface area (Å²) in [7, 11) is 1.47. The van der Waals surface area contributed by atoms with Crippen molar-refractivity contribution < 1.29 is 23.1 Å². The van der Waals surface area contributed by atoms with Gasteiger partial charge in [0.15, 0.2) is 0 Å². The number of nitrogens with two attached hydrogens (primary N) is 1. The molecular weight excluding hydrogens is 356 g/mol. The number of carbonyl (C=O) groups excluding carboxylic acids is 2. The number of nitrogens with one attached hydrogen (secondary N) is 1. The van der Waals surface area contributed by atoms with Gasteiger partial charge in [-0.2, -0.15) is 0 Å². The van der Waals surface area contributed by atoms with Crippen molar-refractivity contribution in [3.63, 3.8) is 0 Å². The second-order valence-corrected chi connectivity index (χ2v) is 5.88. The summed E-state index contributed by atoms with van der Waals surface area (Å²) in [6.07, 6.45) is 1.41. The molecule has 1 aliphatic heterocycles. The van der Waals surface area contributed by atoms with Gasteiger partial charge in [0.1, 0.15) is 11.6 Å². The highest BCUT2D eigenvalue weighted by molar-refractivity contribution is 5.95. The smallest absolute Gasteiger partial charge is 0.243 e. The normalized spacial score (nSPS) is 15.8. The Kier molecular flexibility index (Phi) is 8.21. The van der Waals surface area contributed by atoms with Crippen molar-refractivity contribution in [1.29, 1.82) is 0 Å². The molecule has 1 aromatic carbocycles. The standard InChI is InChI=1S/C16H21F2N3O3.ClH/c1-21(16(23)15(19)10-2-4-24-5-3-10)9-14(22)20-13-7-11(17)6-12(18)8-13;/h6-8,10,15H,2-5,9,19H2,1H3,(H,20,22);1H. The number of halogens is 3. The zero-order valence-corrected chi connectivity index (χ0v) is 14.7. The number of amides is 2. The lowest BCUT2D eigenvalue weighted by molar-refractivity contribution is -0.136. The molecule has 1 aromatic rings. The Balaban J connectivity index is 0.00000312. The summed E-state index contributed by atoms with van der Waals surface area (Å²) in [5.74, 6) is -2.47. The Morgan fingerprint density at radius 3 is 2.40 bits per heavy atom. The number of ether oxygens (including phenoxy) is 1. The summed E-state index contributed by atoms with van der Waals surface area (Å²) < 4.78 is 31.4. The van der Waals surface area contributed by atoms with Crippen molar-refractivity contribution in [2.45, 2.75) is 18.9 Å². The molecule has 9 heteroatoms. The number of hydrogen-bond donors (Lipinski definition) is 2. The molecule has 6 nitrogen and oxygen atoms in total. The minimum Gasteiger partial charge on any atom is -0.381 e. The van der Waals surface area contributed by atoms with Crippen LogP contribution in [-0.4, -0.2) is 49.6 Å². The Bertz CT molecular complexity index is 592. The molecule has 0 aromatic heterocycles. The Labute approximate surface area is 151 Å². The number of benzene rings is 1. The van der Waals surface area contributed by atoms with Crippen LogP contribution >= 0.6 is 12.4 Å².